The van der Waals surface area contributed by atoms with E-state index in [1.807, 2.05) is 0 Å². The van der Waals surface area contributed by atoms with E-state index < -0.39 is 11.6 Å². The second-order valence-corrected chi connectivity index (χ2v) is 5.82. The number of aryl methyl sites for hydroxylation is 1. The first kappa shape index (κ1) is 17.9. The molecule has 0 aliphatic rings. The lowest BCUT2D eigenvalue weighted by Gasteiger charge is -2.12. The van der Waals surface area contributed by atoms with Gasteiger partial charge in [0.2, 0.25) is 5.95 Å². The summed E-state index contributed by atoms with van der Waals surface area (Å²) in [4.78, 5) is 8.50. The molecule has 26 heavy (non-hydrogen) atoms. The number of methoxy groups -OCH3 is 1. The maximum atomic E-state index is 13.8. The summed E-state index contributed by atoms with van der Waals surface area (Å²) in [6, 6.07) is 10.3. The third-order valence-corrected chi connectivity index (χ3v) is 3.77. The van der Waals surface area contributed by atoms with Crippen molar-refractivity contribution < 1.29 is 13.5 Å². The number of para-hydroxylation sites is 1. The molecule has 1 aromatic heterocycles. The summed E-state index contributed by atoms with van der Waals surface area (Å²) in [5.41, 5.74) is 0.981. The Hall–Kier alpha value is -2.93. The molecule has 2 N–H and O–H groups in total. The minimum atomic E-state index is -0.710. The largest absolute Gasteiger partial charge is 0.495 e. The van der Waals surface area contributed by atoms with Crippen molar-refractivity contribution >= 4 is 34.7 Å². The van der Waals surface area contributed by atoms with Gasteiger partial charge in [-0.05, 0) is 37.3 Å². The highest BCUT2D eigenvalue weighted by molar-refractivity contribution is 6.32. The van der Waals surface area contributed by atoms with Crippen LogP contribution in [0.5, 0.6) is 5.75 Å². The second-order valence-electron chi connectivity index (χ2n) is 5.41. The van der Waals surface area contributed by atoms with Crippen LogP contribution in [-0.2, 0) is 0 Å². The minimum absolute atomic E-state index is 0.253. The molecule has 0 radical (unpaired) electrons. The molecule has 2 aromatic carbocycles. The van der Waals surface area contributed by atoms with E-state index in [1.165, 1.54) is 13.2 Å². The summed E-state index contributed by atoms with van der Waals surface area (Å²) in [7, 11) is 1.53. The third kappa shape index (κ3) is 4.00. The van der Waals surface area contributed by atoms with Crippen LogP contribution in [0.2, 0.25) is 5.02 Å². The molecule has 3 rings (SSSR count). The standard InChI is InChI=1S/C18H15ClF2N4O/c1-10-8-16(24-17-13(20)4-3-5-14(17)21)25-18(22-10)23-11-6-7-15(26-2)12(19)9-11/h3-9H,1-2H3,(H2,22,23,24,25). The van der Waals surface area contributed by atoms with Gasteiger partial charge in [0, 0.05) is 17.4 Å². The number of anilines is 4. The molecule has 0 fully saturated rings. The molecule has 0 unspecified atom stereocenters. The predicted molar refractivity (Wildman–Crippen MR) is 97.7 cm³/mol. The van der Waals surface area contributed by atoms with Gasteiger partial charge < -0.3 is 15.4 Å². The SMILES string of the molecule is COc1ccc(Nc2nc(C)cc(Nc3c(F)cccc3F)n2)cc1Cl. The molecule has 0 spiro atoms. The van der Waals surface area contributed by atoms with E-state index in [-0.39, 0.29) is 17.5 Å². The Balaban J connectivity index is 1.87. The Kier molecular flexibility index (Phi) is 5.18. The fourth-order valence-electron chi connectivity index (χ4n) is 2.31. The lowest BCUT2D eigenvalue weighted by molar-refractivity contribution is 0.415. The maximum absolute atomic E-state index is 13.8. The molecular weight excluding hydrogens is 362 g/mol. The number of rotatable bonds is 5. The highest BCUT2D eigenvalue weighted by Gasteiger charge is 2.11. The summed E-state index contributed by atoms with van der Waals surface area (Å²) >= 11 is 6.10. The van der Waals surface area contributed by atoms with Crippen molar-refractivity contribution in [1.29, 1.82) is 0 Å². The van der Waals surface area contributed by atoms with E-state index in [2.05, 4.69) is 20.6 Å². The summed E-state index contributed by atoms with van der Waals surface area (Å²) in [6.45, 7) is 1.75. The van der Waals surface area contributed by atoms with Crippen LogP contribution in [0, 0.1) is 18.6 Å². The van der Waals surface area contributed by atoms with Crippen LogP contribution in [-0.4, -0.2) is 17.1 Å². The van der Waals surface area contributed by atoms with Gasteiger partial charge in [0.25, 0.3) is 0 Å². The van der Waals surface area contributed by atoms with E-state index in [4.69, 9.17) is 16.3 Å². The van der Waals surface area contributed by atoms with E-state index in [9.17, 15) is 8.78 Å². The summed E-state index contributed by atoms with van der Waals surface area (Å²) < 4.78 is 32.7. The number of halogens is 3. The van der Waals surface area contributed by atoms with Crippen LogP contribution in [0.15, 0.2) is 42.5 Å². The first-order chi connectivity index (χ1) is 12.5. The molecule has 8 heteroatoms. The Labute approximate surface area is 154 Å². The number of hydrogen-bond acceptors (Lipinski definition) is 5. The van der Waals surface area contributed by atoms with Crippen LogP contribution in [0.4, 0.5) is 31.9 Å². The van der Waals surface area contributed by atoms with Gasteiger partial charge in [0.1, 0.15) is 28.9 Å². The molecule has 0 atom stereocenters. The van der Waals surface area contributed by atoms with Crippen molar-refractivity contribution in [3.63, 3.8) is 0 Å². The van der Waals surface area contributed by atoms with Gasteiger partial charge in [0.15, 0.2) is 0 Å². The summed E-state index contributed by atoms with van der Waals surface area (Å²) in [5, 5.41) is 6.08. The van der Waals surface area contributed by atoms with Crippen LogP contribution in [0.1, 0.15) is 5.69 Å². The topological polar surface area (TPSA) is 59.1 Å². The van der Waals surface area contributed by atoms with E-state index >= 15 is 0 Å². The first-order valence-electron chi connectivity index (χ1n) is 7.63. The van der Waals surface area contributed by atoms with Gasteiger partial charge in [-0.1, -0.05) is 17.7 Å². The van der Waals surface area contributed by atoms with Gasteiger partial charge in [-0.15, -0.1) is 0 Å². The van der Waals surface area contributed by atoms with Crippen molar-refractivity contribution in [2.24, 2.45) is 0 Å². The number of nitrogens with zero attached hydrogens (tertiary/aromatic N) is 2. The number of ether oxygens (including phenoxy) is 1. The molecule has 0 saturated heterocycles. The molecule has 5 nitrogen and oxygen atoms in total. The zero-order chi connectivity index (χ0) is 18.7. The number of benzene rings is 2. The molecule has 0 aliphatic heterocycles. The Morgan fingerprint density at radius 2 is 1.73 bits per heavy atom. The zero-order valence-electron chi connectivity index (χ0n) is 14.0. The van der Waals surface area contributed by atoms with Crippen LogP contribution in [0.3, 0.4) is 0 Å². The monoisotopic (exact) mass is 376 g/mol. The van der Waals surface area contributed by atoms with Crippen molar-refractivity contribution in [2.75, 3.05) is 17.7 Å². The van der Waals surface area contributed by atoms with Crippen LogP contribution < -0.4 is 15.4 Å². The van der Waals surface area contributed by atoms with Crippen LogP contribution >= 0.6 is 11.6 Å². The molecule has 1 heterocycles. The average molecular weight is 377 g/mol. The van der Waals surface area contributed by atoms with Gasteiger partial charge in [-0.25, -0.2) is 13.8 Å². The first-order valence-corrected chi connectivity index (χ1v) is 8.01. The van der Waals surface area contributed by atoms with Crippen molar-refractivity contribution in [1.82, 2.24) is 9.97 Å². The summed E-state index contributed by atoms with van der Waals surface area (Å²) in [5.74, 6) is -0.371. The fraction of sp³-hybridized carbons (Fsp3) is 0.111. The van der Waals surface area contributed by atoms with E-state index in [0.717, 1.165) is 12.1 Å². The Morgan fingerprint density at radius 3 is 2.38 bits per heavy atom. The quantitative estimate of drug-likeness (QED) is 0.640. The molecule has 134 valence electrons. The molecule has 0 saturated carbocycles. The molecule has 0 aliphatic carbocycles. The van der Waals surface area contributed by atoms with Crippen LogP contribution in [0.25, 0.3) is 0 Å². The van der Waals surface area contributed by atoms with Gasteiger partial charge >= 0.3 is 0 Å². The predicted octanol–water partition coefficient (Wildman–Crippen LogP) is 5.21. The highest BCUT2D eigenvalue weighted by Crippen LogP contribution is 2.29. The Morgan fingerprint density at radius 1 is 1.00 bits per heavy atom. The maximum Gasteiger partial charge on any atom is 0.229 e. The highest BCUT2D eigenvalue weighted by atomic mass is 35.5. The van der Waals surface area contributed by atoms with E-state index in [1.54, 1.807) is 31.2 Å². The smallest absolute Gasteiger partial charge is 0.229 e. The van der Waals surface area contributed by atoms with E-state index in [0.29, 0.717) is 22.2 Å². The molecule has 0 bridgehead atoms. The lowest BCUT2D eigenvalue weighted by atomic mass is 10.3. The average Bonchev–Trinajstić information content (AvgIpc) is 2.58. The number of aromatic nitrogens is 2. The number of nitrogens with one attached hydrogen (secondary N) is 2. The van der Waals surface area contributed by atoms with Crippen molar-refractivity contribution in [3.05, 3.63) is 64.8 Å². The minimum Gasteiger partial charge on any atom is -0.495 e. The third-order valence-electron chi connectivity index (χ3n) is 3.48. The molecular formula is C18H15ClF2N4O. The van der Waals surface area contributed by atoms with Crippen molar-refractivity contribution in [3.8, 4) is 5.75 Å². The second kappa shape index (κ2) is 7.53. The van der Waals surface area contributed by atoms with Crippen molar-refractivity contribution in [2.45, 2.75) is 6.92 Å². The zero-order valence-corrected chi connectivity index (χ0v) is 14.7. The van der Waals surface area contributed by atoms with Gasteiger partial charge in [0.05, 0.1) is 12.1 Å². The lowest BCUT2D eigenvalue weighted by Crippen LogP contribution is -2.04. The Bertz CT molecular complexity index is 932. The molecule has 0 amide bonds. The molecule has 3 aromatic rings. The normalized spacial score (nSPS) is 10.5. The number of hydrogen-bond donors (Lipinski definition) is 2. The van der Waals surface area contributed by atoms with Gasteiger partial charge in [-0.2, -0.15) is 4.98 Å². The fourth-order valence-corrected chi connectivity index (χ4v) is 2.56. The summed E-state index contributed by atoms with van der Waals surface area (Å²) in [6.07, 6.45) is 0. The van der Waals surface area contributed by atoms with Gasteiger partial charge in [-0.3, -0.25) is 0 Å².